The highest BCUT2D eigenvalue weighted by Gasteiger charge is 2.33. The van der Waals surface area contributed by atoms with Gasteiger partial charge in [-0.15, -0.1) is 0 Å². The predicted octanol–water partition coefficient (Wildman–Crippen LogP) is 4.83. The van der Waals surface area contributed by atoms with E-state index in [0.717, 1.165) is 11.1 Å². The molecule has 2 amide bonds. The Bertz CT molecular complexity index is 1010. The first-order valence-electron chi connectivity index (χ1n) is 11.5. The monoisotopic (exact) mass is 482 g/mol. The molecule has 34 heavy (non-hydrogen) atoms. The van der Waals surface area contributed by atoms with Crippen LogP contribution in [-0.4, -0.2) is 35.8 Å². The first-order valence-corrected chi connectivity index (χ1v) is 11.9. The third-order valence-electron chi connectivity index (χ3n) is 6.07. The summed E-state index contributed by atoms with van der Waals surface area (Å²) in [6, 6.07) is 16.3. The molecular weight excluding hydrogens is 452 g/mol. The fourth-order valence-electron chi connectivity index (χ4n) is 3.93. The molecule has 7 heteroatoms. The highest BCUT2D eigenvalue weighted by Crippen LogP contribution is 2.28. The Balaban J connectivity index is 1.74. The molecule has 1 aliphatic rings. The van der Waals surface area contributed by atoms with Crippen LogP contribution in [0.4, 0.5) is 0 Å². The van der Waals surface area contributed by atoms with Crippen molar-refractivity contribution in [1.29, 1.82) is 0 Å². The Morgan fingerprint density at radius 2 is 1.79 bits per heavy atom. The molecule has 0 bridgehead atoms. The Hall–Kier alpha value is -3.12. The average Bonchev–Trinajstić information content (AvgIpc) is 2.84. The number of nitrogens with one attached hydrogen (secondary N) is 1. The molecule has 0 aliphatic carbocycles. The quantitative estimate of drug-likeness (QED) is 0.489. The van der Waals surface area contributed by atoms with Gasteiger partial charge in [0.05, 0.1) is 12.0 Å². The summed E-state index contributed by atoms with van der Waals surface area (Å²) >= 11 is 5.91. The second-order valence-corrected chi connectivity index (χ2v) is 9.00. The molecule has 1 aliphatic heterocycles. The number of likely N-dealkylation sites (N-methyl/N-ethyl adjacent to an activating group) is 1. The number of allylic oxidation sites excluding steroid dienone is 2. The van der Waals surface area contributed by atoms with E-state index in [0.29, 0.717) is 24.4 Å². The van der Waals surface area contributed by atoms with E-state index < -0.39 is 18.1 Å². The molecule has 1 heterocycles. The fourth-order valence-corrected chi connectivity index (χ4v) is 4.06. The van der Waals surface area contributed by atoms with Gasteiger partial charge in [0.2, 0.25) is 11.8 Å². The van der Waals surface area contributed by atoms with Gasteiger partial charge in [-0.2, -0.15) is 0 Å². The van der Waals surface area contributed by atoms with Gasteiger partial charge < -0.3 is 15.0 Å². The maximum atomic E-state index is 13.4. The lowest BCUT2D eigenvalue weighted by Gasteiger charge is -2.34. The van der Waals surface area contributed by atoms with Crippen molar-refractivity contribution in [2.24, 2.45) is 5.92 Å². The minimum Gasteiger partial charge on any atom is -0.455 e. The van der Waals surface area contributed by atoms with E-state index in [4.69, 9.17) is 16.3 Å². The number of amides is 2. The van der Waals surface area contributed by atoms with Crippen LogP contribution in [0.3, 0.4) is 0 Å². The van der Waals surface area contributed by atoms with Crippen molar-refractivity contribution in [3.05, 3.63) is 82.9 Å². The van der Waals surface area contributed by atoms with Gasteiger partial charge in [0.15, 0.2) is 0 Å². The molecule has 3 rings (SSSR count). The van der Waals surface area contributed by atoms with Crippen LogP contribution in [0.1, 0.15) is 49.8 Å². The smallest absolute Gasteiger partial charge is 0.306 e. The van der Waals surface area contributed by atoms with E-state index in [-0.39, 0.29) is 30.6 Å². The maximum absolute atomic E-state index is 13.4. The topological polar surface area (TPSA) is 75.7 Å². The van der Waals surface area contributed by atoms with Gasteiger partial charge in [0.25, 0.3) is 0 Å². The van der Waals surface area contributed by atoms with Crippen molar-refractivity contribution in [1.82, 2.24) is 10.2 Å². The lowest BCUT2D eigenvalue weighted by molar-refractivity contribution is -0.156. The molecule has 180 valence electrons. The molecule has 0 unspecified atom stereocenters. The minimum atomic E-state index is -0.592. The van der Waals surface area contributed by atoms with E-state index in [9.17, 15) is 14.4 Å². The van der Waals surface area contributed by atoms with E-state index in [1.165, 1.54) is 0 Å². The van der Waals surface area contributed by atoms with Crippen molar-refractivity contribution < 1.29 is 19.1 Å². The summed E-state index contributed by atoms with van der Waals surface area (Å²) < 4.78 is 5.80. The summed E-state index contributed by atoms with van der Waals surface area (Å²) in [4.78, 5) is 40.1. The first-order chi connectivity index (χ1) is 16.3. The highest BCUT2D eigenvalue weighted by molar-refractivity contribution is 6.30. The van der Waals surface area contributed by atoms with Crippen molar-refractivity contribution in [2.75, 3.05) is 7.05 Å². The molecule has 0 fully saturated rings. The molecule has 2 aromatic rings. The summed E-state index contributed by atoms with van der Waals surface area (Å²) in [6.45, 7) is 2.23. The van der Waals surface area contributed by atoms with Crippen LogP contribution in [-0.2, 0) is 25.7 Å². The first kappa shape index (κ1) is 25.5. The number of halogens is 1. The molecule has 0 aromatic heterocycles. The third-order valence-corrected chi connectivity index (χ3v) is 6.32. The number of ether oxygens (including phenoxy) is 1. The SMILES string of the molecule is C[C@H]1[C@@H](c2ccccc2)OC(=O)CC/C=C\C[C@@H](CC(=O)NCc2ccc(Cl)cc2)C(=O)N1C. The van der Waals surface area contributed by atoms with E-state index in [1.54, 1.807) is 24.1 Å². The van der Waals surface area contributed by atoms with Crippen LogP contribution >= 0.6 is 11.6 Å². The van der Waals surface area contributed by atoms with E-state index in [1.807, 2.05) is 61.5 Å². The summed E-state index contributed by atoms with van der Waals surface area (Å²) in [5.41, 5.74) is 1.76. The number of carbonyl (C=O) groups is 3. The van der Waals surface area contributed by atoms with Crippen LogP contribution < -0.4 is 5.32 Å². The molecular formula is C27H31ClN2O4. The number of cyclic esters (lactones) is 1. The van der Waals surface area contributed by atoms with Gasteiger partial charge in [0, 0.05) is 31.5 Å². The highest BCUT2D eigenvalue weighted by atomic mass is 35.5. The van der Waals surface area contributed by atoms with Gasteiger partial charge in [-0.05, 0) is 43.0 Å². The average molecular weight is 483 g/mol. The number of nitrogens with zero attached hydrogens (tertiary/aromatic N) is 1. The zero-order chi connectivity index (χ0) is 24.5. The van der Waals surface area contributed by atoms with Gasteiger partial charge in [-0.3, -0.25) is 14.4 Å². The number of esters is 1. The van der Waals surface area contributed by atoms with Crippen LogP contribution in [0.25, 0.3) is 0 Å². The summed E-state index contributed by atoms with van der Waals surface area (Å²) in [5, 5.41) is 3.53. The van der Waals surface area contributed by atoms with Crippen LogP contribution in [0.15, 0.2) is 66.7 Å². The predicted molar refractivity (Wildman–Crippen MR) is 132 cm³/mol. The number of rotatable bonds is 5. The second kappa shape index (κ2) is 12.4. The molecule has 3 atom stereocenters. The number of hydrogen-bond donors (Lipinski definition) is 1. The maximum Gasteiger partial charge on any atom is 0.306 e. The van der Waals surface area contributed by atoms with Crippen molar-refractivity contribution in [2.45, 2.75) is 51.3 Å². The van der Waals surface area contributed by atoms with Gasteiger partial charge >= 0.3 is 5.97 Å². The van der Waals surface area contributed by atoms with Crippen LogP contribution in [0.5, 0.6) is 0 Å². The van der Waals surface area contributed by atoms with E-state index >= 15 is 0 Å². The van der Waals surface area contributed by atoms with Crippen molar-refractivity contribution in [3.63, 3.8) is 0 Å². The molecule has 0 saturated carbocycles. The van der Waals surface area contributed by atoms with Crippen molar-refractivity contribution >= 4 is 29.4 Å². The Morgan fingerprint density at radius 3 is 2.50 bits per heavy atom. The summed E-state index contributed by atoms with van der Waals surface area (Å²) in [7, 11) is 1.70. The molecule has 0 saturated heterocycles. The zero-order valence-electron chi connectivity index (χ0n) is 19.6. The fraction of sp³-hybridized carbons (Fsp3) is 0.370. The van der Waals surface area contributed by atoms with Gasteiger partial charge in [-0.25, -0.2) is 0 Å². The number of hydrogen-bond acceptors (Lipinski definition) is 4. The molecule has 1 N–H and O–H groups in total. The van der Waals surface area contributed by atoms with E-state index in [2.05, 4.69) is 5.32 Å². The number of carbonyl (C=O) groups excluding carboxylic acids is 3. The molecule has 2 aromatic carbocycles. The molecule has 0 radical (unpaired) electrons. The standard InChI is InChI=1S/C27H31ClN2O4/c1-19-26(21-9-5-3-6-10-21)34-25(32)12-8-4-7-11-22(27(33)30(19)2)17-24(31)29-18-20-13-15-23(28)16-14-20/h3-7,9-10,13-16,19,22,26H,8,11-12,17-18H2,1-2H3,(H,29,31)/b7-4-/t19-,22-,26-/m0/s1. The Labute approximate surface area is 205 Å². The molecule has 6 nitrogen and oxygen atoms in total. The second-order valence-electron chi connectivity index (χ2n) is 8.56. The summed E-state index contributed by atoms with van der Waals surface area (Å²) in [6.07, 6.45) is 4.43. The third kappa shape index (κ3) is 7.19. The lowest BCUT2D eigenvalue weighted by atomic mass is 9.95. The normalized spacial score (nSPS) is 22.8. The Morgan fingerprint density at radius 1 is 1.09 bits per heavy atom. The minimum absolute atomic E-state index is 0.0730. The van der Waals surface area contributed by atoms with Crippen LogP contribution in [0.2, 0.25) is 5.02 Å². The summed E-state index contributed by atoms with van der Waals surface area (Å²) in [5.74, 6) is -1.16. The molecule has 0 spiro atoms. The largest absolute Gasteiger partial charge is 0.455 e. The van der Waals surface area contributed by atoms with Gasteiger partial charge in [0.1, 0.15) is 6.10 Å². The Kier molecular flexibility index (Phi) is 9.28. The zero-order valence-corrected chi connectivity index (χ0v) is 20.3. The van der Waals surface area contributed by atoms with Crippen molar-refractivity contribution in [3.8, 4) is 0 Å². The lowest BCUT2D eigenvalue weighted by Crippen LogP contribution is -2.44. The van der Waals surface area contributed by atoms with Gasteiger partial charge in [-0.1, -0.05) is 66.2 Å². The number of benzene rings is 2. The van der Waals surface area contributed by atoms with Crippen LogP contribution in [0, 0.1) is 5.92 Å².